The van der Waals surface area contributed by atoms with Gasteiger partial charge in [-0.05, 0) is 31.8 Å². The predicted molar refractivity (Wildman–Crippen MR) is 44.1 cm³/mol. The van der Waals surface area contributed by atoms with Crippen molar-refractivity contribution in [3.63, 3.8) is 0 Å². The van der Waals surface area contributed by atoms with Gasteiger partial charge in [0.2, 0.25) is 5.70 Å². The molecule has 0 radical (unpaired) electrons. The Bertz CT molecular complexity index is 210. The molecular formula is C8H13NO3. The fourth-order valence-electron chi connectivity index (χ4n) is 1.44. The number of nitrogens with zero attached hydrogens (tertiary/aromatic N) is 1. The molecule has 1 aliphatic rings. The summed E-state index contributed by atoms with van der Waals surface area (Å²) < 4.78 is 0. The van der Waals surface area contributed by atoms with E-state index in [0.29, 0.717) is 18.5 Å². The van der Waals surface area contributed by atoms with Crippen LogP contribution in [0, 0.1) is 16.0 Å². The van der Waals surface area contributed by atoms with Crippen molar-refractivity contribution in [2.45, 2.75) is 32.3 Å². The van der Waals surface area contributed by atoms with E-state index in [0.717, 1.165) is 6.42 Å². The molecule has 1 N–H and O–H groups in total. The maximum Gasteiger partial charge on any atom is 0.242 e. The highest BCUT2D eigenvalue weighted by atomic mass is 16.6. The molecule has 0 aromatic rings. The maximum atomic E-state index is 10.3. The van der Waals surface area contributed by atoms with E-state index in [-0.39, 0.29) is 16.9 Å². The predicted octanol–water partition coefficient (Wildman–Crippen LogP) is 1.33. The molecule has 4 nitrogen and oxygen atoms in total. The first-order chi connectivity index (χ1) is 5.61. The second-order valence-electron chi connectivity index (χ2n) is 3.23. The van der Waals surface area contributed by atoms with Crippen molar-refractivity contribution in [3.8, 4) is 0 Å². The minimum Gasteiger partial charge on any atom is -0.393 e. The Morgan fingerprint density at radius 3 is 2.83 bits per heavy atom. The molecule has 12 heavy (non-hydrogen) atoms. The summed E-state index contributed by atoms with van der Waals surface area (Å²) in [6.45, 7) is 1.73. The van der Waals surface area contributed by atoms with Crippen molar-refractivity contribution in [1.29, 1.82) is 0 Å². The highest BCUT2D eigenvalue weighted by Gasteiger charge is 2.23. The standard InChI is InChI=1S/C8H13NO3/c1-6(10)7-2-4-8(5-3-7)9(11)12/h4,6-7,10H,2-3,5H2,1H3. The summed E-state index contributed by atoms with van der Waals surface area (Å²) in [6.07, 6.45) is 3.12. The second-order valence-corrected chi connectivity index (χ2v) is 3.23. The first-order valence-electron chi connectivity index (χ1n) is 4.12. The second kappa shape index (κ2) is 3.67. The molecule has 0 saturated carbocycles. The van der Waals surface area contributed by atoms with Gasteiger partial charge in [-0.25, -0.2) is 0 Å². The van der Waals surface area contributed by atoms with E-state index in [1.807, 2.05) is 0 Å². The SMILES string of the molecule is CC(O)C1CC=C([N+](=O)[O-])CC1. The molecule has 0 aromatic carbocycles. The fraction of sp³-hybridized carbons (Fsp3) is 0.750. The summed E-state index contributed by atoms with van der Waals surface area (Å²) in [5.41, 5.74) is 0.298. The van der Waals surface area contributed by atoms with E-state index in [2.05, 4.69) is 0 Å². The van der Waals surface area contributed by atoms with Crippen molar-refractivity contribution < 1.29 is 10.0 Å². The van der Waals surface area contributed by atoms with Gasteiger partial charge in [0.15, 0.2) is 0 Å². The largest absolute Gasteiger partial charge is 0.393 e. The molecule has 0 heterocycles. The Labute approximate surface area is 71.0 Å². The smallest absolute Gasteiger partial charge is 0.242 e. The topological polar surface area (TPSA) is 63.4 Å². The number of allylic oxidation sites excluding steroid dienone is 2. The number of aliphatic hydroxyl groups is 1. The molecule has 0 fully saturated rings. The minimum absolute atomic E-state index is 0.202. The van der Waals surface area contributed by atoms with Crippen LogP contribution in [0.2, 0.25) is 0 Å². The lowest BCUT2D eigenvalue weighted by Gasteiger charge is -2.20. The molecule has 68 valence electrons. The Morgan fingerprint density at radius 2 is 2.50 bits per heavy atom. The van der Waals surface area contributed by atoms with Gasteiger partial charge in [-0.2, -0.15) is 0 Å². The van der Waals surface area contributed by atoms with E-state index >= 15 is 0 Å². The summed E-state index contributed by atoms with van der Waals surface area (Å²) in [6, 6.07) is 0. The van der Waals surface area contributed by atoms with Crippen molar-refractivity contribution in [2.24, 2.45) is 5.92 Å². The number of nitro groups is 1. The first kappa shape index (κ1) is 9.19. The lowest BCUT2D eigenvalue weighted by atomic mass is 9.89. The van der Waals surface area contributed by atoms with Gasteiger partial charge in [-0.15, -0.1) is 0 Å². The number of rotatable bonds is 2. The van der Waals surface area contributed by atoms with Gasteiger partial charge in [0.25, 0.3) is 0 Å². The first-order valence-corrected chi connectivity index (χ1v) is 4.12. The fourth-order valence-corrected chi connectivity index (χ4v) is 1.44. The summed E-state index contributed by atoms with van der Waals surface area (Å²) >= 11 is 0. The van der Waals surface area contributed by atoms with Crippen LogP contribution in [-0.2, 0) is 0 Å². The van der Waals surface area contributed by atoms with Gasteiger partial charge in [-0.3, -0.25) is 10.1 Å². The van der Waals surface area contributed by atoms with E-state index in [1.54, 1.807) is 13.0 Å². The van der Waals surface area contributed by atoms with Gasteiger partial charge in [0.1, 0.15) is 0 Å². The van der Waals surface area contributed by atoms with Crippen LogP contribution in [0.3, 0.4) is 0 Å². The van der Waals surface area contributed by atoms with Crippen LogP contribution in [0.15, 0.2) is 11.8 Å². The number of aliphatic hydroxyl groups excluding tert-OH is 1. The highest BCUT2D eigenvalue weighted by Crippen LogP contribution is 2.25. The lowest BCUT2D eigenvalue weighted by Crippen LogP contribution is -2.20. The highest BCUT2D eigenvalue weighted by molar-refractivity contribution is 4.98. The third-order valence-electron chi connectivity index (χ3n) is 2.34. The van der Waals surface area contributed by atoms with Crippen molar-refractivity contribution in [1.82, 2.24) is 0 Å². The van der Waals surface area contributed by atoms with Crippen LogP contribution in [0.5, 0.6) is 0 Å². The van der Waals surface area contributed by atoms with Gasteiger partial charge in [0.05, 0.1) is 11.0 Å². The molecule has 0 amide bonds. The zero-order valence-corrected chi connectivity index (χ0v) is 7.06. The summed E-state index contributed by atoms with van der Waals surface area (Å²) in [4.78, 5) is 9.97. The zero-order valence-electron chi connectivity index (χ0n) is 7.06. The van der Waals surface area contributed by atoms with E-state index in [4.69, 9.17) is 0 Å². The van der Waals surface area contributed by atoms with Crippen molar-refractivity contribution >= 4 is 0 Å². The van der Waals surface area contributed by atoms with Gasteiger partial charge >= 0.3 is 0 Å². The molecule has 1 aliphatic carbocycles. The normalized spacial score (nSPS) is 26.2. The maximum absolute atomic E-state index is 10.3. The quantitative estimate of drug-likeness (QED) is 0.503. The van der Waals surface area contributed by atoms with Crippen LogP contribution >= 0.6 is 0 Å². The van der Waals surface area contributed by atoms with E-state index in [1.165, 1.54) is 0 Å². The molecule has 1 rings (SSSR count). The molecule has 2 atom stereocenters. The van der Waals surface area contributed by atoms with Gasteiger partial charge in [0, 0.05) is 6.42 Å². The minimum atomic E-state index is -0.352. The van der Waals surface area contributed by atoms with Crippen LogP contribution < -0.4 is 0 Å². The van der Waals surface area contributed by atoms with Crippen LogP contribution in [0.1, 0.15) is 26.2 Å². The average molecular weight is 171 g/mol. The Kier molecular flexibility index (Phi) is 2.81. The van der Waals surface area contributed by atoms with Crippen molar-refractivity contribution in [2.75, 3.05) is 0 Å². The molecule has 4 heteroatoms. The number of hydrogen-bond acceptors (Lipinski definition) is 3. The lowest BCUT2D eigenvalue weighted by molar-refractivity contribution is -0.429. The van der Waals surface area contributed by atoms with Gasteiger partial charge < -0.3 is 5.11 Å². The number of hydrogen-bond donors (Lipinski definition) is 1. The molecule has 0 aliphatic heterocycles. The molecule has 2 unspecified atom stereocenters. The van der Waals surface area contributed by atoms with Gasteiger partial charge in [-0.1, -0.05) is 0 Å². The van der Waals surface area contributed by atoms with Crippen molar-refractivity contribution in [3.05, 3.63) is 21.9 Å². The molecular weight excluding hydrogens is 158 g/mol. The monoisotopic (exact) mass is 171 g/mol. The Hall–Kier alpha value is -0.900. The molecule has 0 aromatic heterocycles. The molecule has 0 saturated heterocycles. The van der Waals surface area contributed by atoms with Crippen LogP contribution in [-0.4, -0.2) is 16.1 Å². The van der Waals surface area contributed by atoms with Crippen LogP contribution in [0.4, 0.5) is 0 Å². The Morgan fingerprint density at radius 1 is 1.83 bits per heavy atom. The summed E-state index contributed by atoms with van der Waals surface area (Å²) in [5.74, 6) is 0.202. The van der Waals surface area contributed by atoms with Crippen LogP contribution in [0.25, 0.3) is 0 Å². The third-order valence-corrected chi connectivity index (χ3v) is 2.34. The average Bonchev–Trinajstić information content (AvgIpc) is 2.04. The molecule has 0 bridgehead atoms. The Balaban J connectivity index is 2.53. The van der Waals surface area contributed by atoms with E-state index in [9.17, 15) is 15.2 Å². The summed E-state index contributed by atoms with van der Waals surface area (Å²) in [7, 11) is 0. The zero-order chi connectivity index (χ0) is 9.14. The van der Waals surface area contributed by atoms with E-state index < -0.39 is 0 Å². The molecule has 0 spiro atoms. The summed E-state index contributed by atoms with van der Waals surface area (Å²) in [5, 5.41) is 19.5. The third kappa shape index (κ3) is 2.04.